The number of rotatable bonds is 4. The van der Waals surface area contributed by atoms with E-state index in [0.717, 1.165) is 5.56 Å². The minimum atomic E-state index is -1.78. The summed E-state index contributed by atoms with van der Waals surface area (Å²) in [5.74, 6) is -1.88. The van der Waals surface area contributed by atoms with Crippen LogP contribution >= 0.6 is 0 Å². The van der Waals surface area contributed by atoms with Gasteiger partial charge < -0.3 is 5.73 Å². The predicted molar refractivity (Wildman–Crippen MR) is 96.4 cm³/mol. The predicted octanol–water partition coefficient (Wildman–Crippen LogP) is 2.82. The summed E-state index contributed by atoms with van der Waals surface area (Å²) in [5.41, 5.74) is 6.25. The molecule has 0 spiro atoms. The normalized spacial score (nSPS) is 24.5. The Bertz CT molecular complexity index is 929. The molecule has 26 heavy (non-hydrogen) atoms. The highest BCUT2D eigenvalue weighted by Gasteiger charge is 2.59. The molecule has 1 aliphatic carbocycles. The number of carbonyl (C=O) groups is 1. The van der Waals surface area contributed by atoms with Crippen molar-refractivity contribution in [2.75, 3.05) is 0 Å². The Morgan fingerprint density at radius 2 is 1.81 bits per heavy atom. The second-order valence-corrected chi connectivity index (χ2v) is 6.43. The average molecular weight is 347 g/mol. The van der Waals surface area contributed by atoms with Crippen LogP contribution in [0.2, 0.25) is 0 Å². The molecule has 0 radical (unpaired) electrons. The van der Waals surface area contributed by atoms with E-state index in [1.165, 1.54) is 6.08 Å². The first-order valence-corrected chi connectivity index (χ1v) is 8.10. The van der Waals surface area contributed by atoms with Crippen LogP contribution in [-0.2, 0) is 4.79 Å². The fourth-order valence-electron chi connectivity index (χ4n) is 3.57. The summed E-state index contributed by atoms with van der Waals surface area (Å²) >= 11 is 0. The minimum Gasteiger partial charge on any atom is -0.368 e. The van der Waals surface area contributed by atoms with Crippen LogP contribution in [-0.4, -0.2) is 16.9 Å². The summed E-state index contributed by atoms with van der Waals surface area (Å²) in [6, 6.07) is 16.5. The third-order valence-electron chi connectivity index (χ3n) is 4.87. The number of nitrogens with two attached hydrogens (primary N) is 1. The Labute approximate surface area is 150 Å². The smallest absolute Gasteiger partial charge is 0.247 e. The Morgan fingerprint density at radius 1 is 1.19 bits per heavy atom. The van der Waals surface area contributed by atoms with Gasteiger partial charge in [-0.3, -0.25) is 14.9 Å². The number of amides is 1. The van der Waals surface area contributed by atoms with Crippen LogP contribution in [0, 0.1) is 33.8 Å². The lowest BCUT2D eigenvalue weighted by molar-refractivity contribution is -0.510. The highest BCUT2D eigenvalue weighted by atomic mass is 16.6. The molecule has 6 heteroatoms. The molecule has 2 N–H and O–H groups in total. The first kappa shape index (κ1) is 17.4. The van der Waals surface area contributed by atoms with E-state index in [1.54, 1.807) is 54.6 Å². The summed E-state index contributed by atoms with van der Waals surface area (Å²) < 4.78 is 0. The van der Waals surface area contributed by atoms with Crippen LogP contribution < -0.4 is 5.73 Å². The van der Waals surface area contributed by atoms with Crippen molar-refractivity contribution in [3.05, 3.63) is 87.5 Å². The first-order chi connectivity index (χ1) is 12.4. The van der Waals surface area contributed by atoms with Crippen molar-refractivity contribution in [2.24, 2.45) is 11.1 Å². The maximum Gasteiger partial charge on any atom is 0.247 e. The topological polar surface area (TPSA) is 110 Å². The van der Waals surface area contributed by atoms with Crippen LogP contribution in [0.5, 0.6) is 0 Å². The quantitative estimate of drug-likeness (QED) is 0.677. The van der Waals surface area contributed by atoms with Gasteiger partial charge in [0.2, 0.25) is 11.9 Å². The molecular weight excluding hydrogens is 330 g/mol. The van der Waals surface area contributed by atoms with Crippen LogP contribution in [0.4, 0.5) is 0 Å². The van der Waals surface area contributed by atoms with Gasteiger partial charge in [-0.25, -0.2) is 0 Å². The monoisotopic (exact) mass is 347 g/mol. The molecule has 0 saturated carbocycles. The SMILES string of the molecule is Cc1ccc(C2C([N+](=O)[O-])C(c3ccccc3)=CC2(C#N)C(N)=O)cc1. The second kappa shape index (κ2) is 6.45. The lowest BCUT2D eigenvalue weighted by Gasteiger charge is -2.26. The summed E-state index contributed by atoms with van der Waals surface area (Å²) in [6.45, 7) is 1.89. The number of nitrogens with zero attached hydrogens (tertiary/aromatic N) is 2. The molecular formula is C20H17N3O3. The summed E-state index contributed by atoms with van der Waals surface area (Å²) in [5, 5.41) is 21.8. The second-order valence-electron chi connectivity index (χ2n) is 6.43. The van der Waals surface area contributed by atoms with E-state index in [4.69, 9.17) is 5.73 Å². The van der Waals surface area contributed by atoms with E-state index in [9.17, 15) is 20.2 Å². The maximum atomic E-state index is 12.3. The fraction of sp³-hybridized carbons (Fsp3) is 0.200. The zero-order valence-corrected chi connectivity index (χ0v) is 14.1. The van der Waals surface area contributed by atoms with Gasteiger partial charge in [0.05, 0.1) is 12.0 Å². The molecule has 2 aromatic carbocycles. The van der Waals surface area contributed by atoms with Crippen LogP contribution in [0.1, 0.15) is 22.6 Å². The van der Waals surface area contributed by atoms with Gasteiger partial charge in [-0.15, -0.1) is 0 Å². The summed E-state index contributed by atoms with van der Waals surface area (Å²) in [6.07, 6.45) is 1.38. The van der Waals surface area contributed by atoms with Gasteiger partial charge in [0, 0.05) is 10.5 Å². The van der Waals surface area contributed by atoms with Gasteiger partial charge in [-0.05, 0) is 24.1 Å². The molecule has 0 saturated heterocycles. The van der Waals surface area contributed by atoms with E-state index in [1.807, 2.05) is 13.0 Å². The largest absolute Gasteiger partial charge is 0.368 e. The third-order valence-corrected chi connectivity index (χ3v) is 4.87. The molecule has 2 aromatic rings. The van der Waals surface area contributed by atoms with Gasteiger partial charge in [0.15, 0.2) is 5.41 Å². The Balaban J connectivity index is 2.26. The number of benzene rings is 2. The van der Waals surface area contributed by atoms with Crippen molar-refractivity contribution in [3.63, 3.8) is 0 Å². The molecule has 3 atom stereocenters. The molecule has 130 valence electrons. The van der Waals surface area contributed by atoms with Crippen LogP contribution in [0.15, 0.2) is 60.7 Å². The Hall–Kier alpha value is -3.46. The standard InChI is InChI=1S/C20H17N3O3/c1-13-7-9-15(10-8-13)17-18(23(25)26)16(14-5-3-2-4-6-14)11-20(17,12-21)19(22)24/h2-11,17-18H,1H3,(H2,22,24). The Morgan fingerprint density at radius 3 is 2.31 bits per heavy atom. The minimum absolute atomic E-state index is 0.335. The zero-order valence-electron chi connectivity index (χ0n) is 14.1. The lowest BCUT2D eigenvalue weighted by Crippen LogP contribution is -2.42. The van der Waals surface area contributed by atoms with Crippen LogP contribution in [0.3, 0.4) is 0 Å². The first-order valence-electron chi connectivity index (χ1n) is 8.10. The highest BCUT2D eigenvalue weighted by Crippen LogP contribution is 2.51. The third kappa shape index (κ3) is 2.64. The molecule has 6 nitrogen and oxygen atoms in total. The molecule has 3 rings (SSSR count). The summed E-state index contributed by atoms with van der Waals surface area (Å²) in [4.78, 5) is 23.8. The van der Waals surface area contributed by atoms with Gasteiger partial charge >= 0.3 is 0 Å². The number of carbonyl (C=O) groups excluding carboxylic acids is 1. The molecule has 1 aliphatic rings. The van der Waals surface area contributed by atoms with E-state index in [2.05, 4.69) is 0 Å². The number of aryl methyl sites for hydroxylation is 1. The Kier molecular flexibility index (Phi) is 4.31. The molecule has 0 fully saturated rings. The van der Waals surface area contributed by atoms with Gasteiger partial charge in [0.25, 0.3) is 0 Å². The van der Waals surface area contributed by atoms with Crippen molar-refractivity contribution in [2.45, 2.75) is 18.9 Å². The van der Waals surface area contributed by atoms with E-state index in [0.29, 0.717) is 16.7 Å². The number of primary amides is 1. The molecule has 0 aliphatic heterocycles. The van der Waals surface area contributed by atoms with Crippen molar-refractivity contribution in [3.8, 4) is 6.07 Å². The van der Waals surface area contributed by atoms with Crippen LogP contribution in [0.25, 0.3) is 5.57 Å². The van der Waals surface area contributed by atoms with E-state index < -0.39 is 28.2 Å². The summed E-state index contributed by atoms with van der Waals surface area (Å²) in [7, 11) is 0. The van der Waals surface area contributed by atoms with Gasteiger partial charge in [-0.2, -0.15) is 5.26 Å². The average Bonchev–Trinajstić information content (AvgIpc) is 3.00. The lowest BCUT2D eigenvalue weighted by atomic mass is 9.73. The number of hydrogen-bond acceptors (Lipinski definition) is 4. The highest BCUT2D eigenvalue weighted by molar-refractivity contribution is 5.93. The van der Waals surface area contributed by atoms with E-state index in [-0.39, 0.29) is 0 Å². The molecule has 0 bridgehead atoms. The number of nitro groups is 1. The molecule has 3 unspecified atom stereocenters. The molecule has 0 aromatic heterocycles. The van der Waals surface area contributed by atoms with Crippen molar-refractivity contribution in [1.82, 2.24) is 0 Å². The molecule has 0 heterocycles. The fourth-order valence-corrected chi connectivity index (χ4v) is 3.57. The van der Waals surface area contributed by atoms with Crippen molar-refractivity contribution < 1.29 is 9.72 Å². The van der Waals surface area contributed by atoms with E-state index >= 15 is 0 Å². The maximum absolute atomic E-state index is 12.3. The molecule has 1 amide bonds. The van der Waals surface area contributed by atoms with Gasteiger partial charge in [0.1, 0.15) is 0 Å². The van der Waals surface area contributed by atoms with Crippen molar-refractivity contribution in [1.29, 1.82) is 5.26 Å². The number of hydrogen-bond donors (Lipinski definition) is 1. The van der Waals surface area contributed by atoms with Crippen molar-refractivity contribution >= 4 is 11.5 Å². The van der Waals surface area contributed by atoms with Gasteiger partial charge in [-0.1, -0.05) is 60.2 Å². The number of nitriles is 1. The zero-order chi connectivity index (χ0) is 18.9.